The Morgan fingerprint density at radius 3 is 1.49 bits per heavy atom. The highest BCUT2D eigenvalue weighted by molar-refractivity contribution is 6.59. The minimum Gasteiger partial charge on any atom is -0.508 e. The summed E-state index contributed by atoms with van der Waals surface area (Å²) in [4.78, 5) is 32.2. The number of ether oxygens (including phenoxy) is 2. The zero-order valence-electron chi connectivity index (χ0n) is 43.5. The smallest absolute Gasteiger partial charge is 0.492 e. The van der Waals surface area contributed by atoms with Gasteiger partial charge in [0.25, 0.3) is 0 Å². The van der Waals surface area contributed by atoms with Gasteiger partial charge in [0.05, 0.1) is 31.2 Å². The molecule has 2 aromatic carbocycles. The average molecular weight is 1060 g/mol. The number of aromatic hydroxyl groups is 2. The lowest BCUT2D eigenvalue weighted by Gasteiger charge is -2.34. The lowest BCUT2D eigenvalue weighted by Crippen LogP contribution is -2.50. The van der Waals surface area contributed by atoms with Crippen LogP contribution in [0.15, 0.2) is 85.5 Å². The molecule has 24 heteroatoms. The zero-order valence-corrected chi connectivity index (χ0v) is 44.2. The zero-order chi connectivity index (χ0) is 55.0. The molecule has 2 aliphatic rings. The number of rotatable bonds is 8. The fourth-order valence-electron chi connectivity index (χ4n) is 7.39. The first-order valence-electron chi connectivity index (χ1n) is 24.3. The van der Waals surface area contributed by atoms with Crippen molar-refractivity contribution in [2.75, 3.05) is 76.9 Å². The minimum absolute atomic E-state index is 0.0995. The number of para-hydroxylation sites is 2. The van der Waals surface area contributed by atoms with Gasteiger partial charge in [0.15, 0.2) is 16.8 Å². The summed E-state index contributed by atoms with van der Waals surface area (Å²) in [5.41, 5.74) is 15.2. The number of nitrogens with two attached hydrogens (primary N) is 2. The maximum Gasteiger partial charge on any atom is 0.492 e. The maximum absolute atomic E-state index is 12.2. The van der Waals surface area contributed by atoms with Crippen LogP contribution in [0.5, 0.6) is 11.5 Å². The van der Waals surface area contributed by atoms with E-state index in [9.17, 15) is 14.7 Å². The normalized spacial score (nSPS) is 13.9. The van der Waals surface area contributed by atoms with E-state index in [-0.39, 0.29) is 40.1 Å². The van der Waals surface area contributed by atoms with Gasteiger partial charge in [-0.25, -0.2) is 9.59 Å². The predicted octanol–water partition coefficient (Wildman–Crippen LogP) is 4.05. The molecule has 2 aliphatic heterocycles. The van der Waals surface area contributed by atoms with E-state index in [0.29, 0.717) is 80.6 Å². The summed E-state index contributed by atoms with van der Waals surface area (Å²) in [6, 6.07) is 16.5. The highest BCUT2D eigenvalue weighted by atomic mass is 35.5. The van der Waals surface area contributed by atoms with Crippen molar-refractivity contribution in [3.63, 3.8) is 0 Å². The monoisotopic (exact) mass is 1060 g/mol. The van der Waals surface area contributed by atoms with Crippen LogP contribution in [-0.4, -0.2) is 176 Å². The largest absolute Gasteiger partial charge is 0.508 e. The topological polar surface area (TPSA) is 286 Å². The van der Waals surface area contributed by atoms with Crippen LogP contribution in [0.1, 0.15) is 41.5 Å². The third-order valence-corrected chi connectivity index (χ3v) is 11.5. The average Bonchev–Trinajstić information content (AvgIpc) is 4.05. The molecule has 0 radical (unpaired) electrons. The Bertz CT molecular complexity index is 3030. The van der Waals surface area contributed by atoms with Crippen LogP contribution >= 0.6 is 11.6 Å². The van der Waals surface area contributed by atoms with E-state index in [0.717, 1.165) is 37.3 Å². The number of piperazine rings is 2. The first kappa shape index (κ1) is 57.4. The summed E-state index contributed by atoms with van der Waals surface area (Å²) in [6.07, 6.45) is 6.59. The van der Waals surface area contributed by atoms with Gasteiger partial charge < -0.3 is 51.0 Å². The van der Waals surface area contributed by atoms with Crippen LogP contribution in [0, 0.1) is 23.7 Å². The second-order valence-electron chi connectivity index (χ2n) is 19.5. The number of amides is 2. The van der Waals surface area contributed by atoms with E-state index < -0.39 is 18.3 Å². The molecule has 8 N–H and O–H groups in total. The number of nitrogen functional groups attached to an aromatic ring is 2. The molecule has 0 aliphatic carbocycles. The van der Waals surface area contributed by atoms with Crippen LogP contribution in [0.4, 0.5) is 21.2 Å². The molecule has 400 valence electrons. The van der Waals surface area contributed by atoms with Gasteiger partial charge in [-0.2, -0.15) is 10.2 Å². The molecule has 76 heavy (non-hydrogen) atoms. The van der Waals surface area contributed by atoms with Gasteiger partial charge >= 0.3 is 19.3 Å². The molecule has 2 saturated heterocycles. The number of phenolic OH excluding ortho intramolecular Hbond substituents is 2. The molecule has 2 amide bonds. The Hall–Kier alpha value is -7.93. The SMILES string of the molecule is CC(C)(C)OC(=O)N1CCN(CC#CCn2cc(-c3cc(-c4ccccc4O)nnc3N)cn2)CC1.CC(C)(C)OC(=O)N1CCN(CC#CCn2cc(-c3cc(Cl)nnc3N)cn2)CC1.OB(O)c1ccccc1O. The predicted molar refractivity (Wildman–Crippen MR) is 289 cm³/mol. The minimum atomic E-state index is -1.60. The number of hydrogen-bond donors (Lipinski definition) is 6. The summed E-state index contributed by atoms with van der Waals surface area (Å²) in [6.45, 7) is 19.0. The van der Waals surface area contributed by atoms with Crippen LogP contribution < -0.4 is 16.9 Å². The maximum atomic E-state index is 12.2. The van der Waals surface area contributed by atoms with Crippen molar-refractivity contribution in [2.45, 2.75) is 65.8 Å². The molecular weight excluding hydrogens is 995 g/mol. The highest BCUT2D eigenvalue weighted by Gasteiger charge is 2.27. The molecule has 6 aromatic rings. The molecule has 0 atom stereocenters. The van der Waals surface area contributed by atoms with Crippen molar-refractivity contribution in [2.24, 2.45) is 0 Å². The summed E-state index contributed by atoms with van der Waals surface area (Å²) in [5.74, 6) is 13.2. The molecule has 0 bridgehead atoms. The molecule has 6 heterocycles. The van der Waals surface area contributed by atoms with E-state index in [1.807, 2.05) is 60.0 Å². The third kappa shape index (κ3) is 17.6. The molecule has 0 saturated carbocycles. The van der Waals surface area contributed by atoms with Crippen molar-refractivity contribution >= 4 is 48.0 Å². The highest BCUT2D eigenvalue weighted by Crippen LogP contribution is 2.32. The quantitative estimate of drug-likeness (QED) is 0.0926. The van der Waals surface area contributed by atoms with Gasteiger partial charge in [-0.3, -0.25) is 19.2 Å². The number of carbonyl (C=O) groups excluding carboxylic acids is 2. The molecule has 4 aromatic heterocycles. The van der Waals surface area contributed by atoms with Crippen LogP contribution in [0.25, 0.3) is 33.5 Å². The summed E-state index contributed by atoms with van der Waals surface area (Å²) >= 11 is 5.89. The fraction of sp³-hybridized carbons (Fsp3) is 0.385. The first-order valence-corrected chi connectivity index (χ1v) is 24.7. The fourth-order valence-corrected chi connectivity index (χ4v) is 7.53. The van der Waals surface area contributed by atoms with Crippen molar-refractivity contribution in [3.05, 3.63) is 90.6 Å². The van der Waals surface area contributed by atoms with E-state index in [1.165, 1.54) is 12.1 Å². The van der Waals surface area contributed by atoms with Crippen LogP contribution in [0.3, 0.4) is 0 Å². The standard InChI is InChI=1S/C26H31N7O3.C20H26ClN7O2.C6H7BO3/c1-26(2,3)36-25(35)32-14-12-31(13-15-32)10-6-7-11-33-18-19(17-28-33)21-16-22(29-30-24(21)27)20-8-4-5-9-23(20)34;1-20(2,3)30-19(29)27-10-8-26(9-11-27)6-4-5-7-28-14-15(13-23-28)16-12-17(21)24-25-18(16)22;8-6-4-2-1-3-5(6)7(9)10/h4-5,8-9,16-18,34H,10-15H2,1-3H3,(H2,27,30);12-14H,6-11H2,1-3H3,(H2,22,25);1-4,8-10H. The van der Waals surface area contributed by atoms with E-state index in [1.54, 1.807) is 74.0 Å². The van der Waals surface area contributed by atoms with E-state index >= 15 is 0 Å². The second kappa shape index (κ2) is 26.5. The first-order chi connectivity index (χ1) is 36.1. The Morgan fingerprint density at radius 1 is 0.605 bits per heavy atom. The Labute approximate surface area is 447 Å². The number of aromatic nitrogens is 8. The van der Waals surface area contributed by atoms with E-state index in [2.05, 4.69) is 64.1 Å². The van der Waals surface area contributed by atoms with Gasteiger partial charge in [0.1, 0.15) is 35.8 Å². The second-order valence-corrected chi connectivity index (χ2v) is 19.9. The van der Waals surface area contributed by atoms with Crippen LogP contribution in [0.2, 0.25) is 5.15 Å². The third-order valence-electron chi connectivity index (χ3n) is 11.3. The molecule has 8 rings (SSSR count). The number of phenols is 2. The summed E-state index contributed by atoms with van der Waals surface area (Å²) in [7, 11) is -1.60. The number of hydrogen-bond acceptors (Lipinski definition) is 18. The molecule has 22 nitrogen and oxygen atoms in total. The van der Waals surface area contributed by atoms with Crippen molar-refractivity contribution in [1.29, 1.82) is 0 Å². The lowest BCUT2D eigenvalue weighted by atomic mass is 9.80. The van der Waals surface area contributed by atoms with Crippen molar-refractivity contribution in [1.82, 2.24) is 59.6 Å². The van der Waals surface area contributed by atoms with Gasteiger partial charge in [-0.05, 0) is 71.9 Å². The van der Waals surface area contributed by atoms with Gasteiger partial charge in [0.2, 0.25) is 0 Å². The molecule has 0 unspecified atom stereocenters. The van der Waals surface area contributed by atoms with Gasteiger partial charge in [-0.1, -0.05) is 65.6 Å². The summed E-state index contributed by atoms with van der Waals surface area (Å²) < 4.78 is 14.3. The molecule has 0 spiro atoms. The number of nitrogens with zero attached hydrogens (tertiary/aromatic N) is 12. The lowest BCUT2D eigenvalue weighted by molar-refractivity contribution is 0.0146. The Balaban J connectivity index is 0.000000211. The number of halogens is 1. The van der Waals surface area contributed by atoms with Gasteiger partial charge in [0, 0.05) is 98.0 Å². The summed E-state index contributed by atoms with van der Waals surface area (Å²) in [5, 5.41) is 61.0. The molecule has 2 fully saturated rings. The van der Waals surface area contributed by atoms with Crippen molar-refractivity contribution < 1.29 is 39.3 Å². The van der Waals surface area contributed by atoms with E-state index in [4.69, 9.17) is 47.7 Å². The van der Waals surface area contributed by atoms with Crippen LogP contribution in [-0.2, 0) is 22.6 Å². The number of anilines is 2. The number of benzene rings is 2. The van der Waals surface area contributed by atoms with Gasteiger partial charge in [-0.15, -0.1) is 20.4 Å². The van der Waals surface area contributed by atoms with Crippen molar-refractivity contribution in [3.8, 4) is 68.7 Å². The Morgan fingerprint density at radius 2 is 1.04 bits per heavy atom. The molecular formula is C52H64BClN14O8. The Kier molecular flexibility index (Phi) is 20.0. The number of carbonyl (C=O) groups is 2.